The molecule has 0 spiro atoms. The maximum atomic E-state index is 12.3. The first kappa shape index (κ1) is 28.3. The van der Waals surface area contributed by atoms with Gasteiger partial charge in [-0.2, -0.15) is 0 Å². The predicted molar refractivity (Wildman–Crippen MR) is 155 cm³/mol. The van der Waals surface area contributed by atoms with Crippen molar-refractivity contribution in [2.24, 2.45) is 5.73 Å². The third-order valence-corrected chi connectivity index (χ3v) is 7.68. The molecule has 206 valence electrons. The number of benzene rings is 3. The number of methoxy groups -OCH3 is 1. The van der Waals surface area contributed by atoms with Gasteiger partial charge in [-0.05, 0) is 68.4 Å². The Kier molecular flexibility index (Phi) is 9.04. The highest BCUT2D eigenvalue weighted by atomic mass is 16.5. The van der Waals surface area contributed by atoms with E-state index in [4.69, 9.17) is 10.5 Å². The number of amides is 2. The average molecular weight is 530 g/mol. The van der Waals surface area contributed by atoms with Crippen LogP contribution in [0.2, 0.25) is 0 Å². The lowest BCUT2D eigenvalue weighted by atomic mass is 9.72. The Labute approximate surface area is 231 Å². The van der Waals surface area contributed by atoms with E-state index in [1.54, 1.807) is 37.4 Å². The van der Waals surface area contributed by atoms with Crippen LogP contribution in [-0.4, -0.2) is 55.2 Å². The molecule has 1 saturated carbocycles. The molecule has 2 aliphatic rings. The highest BCUT2D eigenvalue weighted by molar-refractivity contribution is 6.11. The largest absolute Gasteiger partial charge is 0.497 e. The van der Waals surface area contributed by atoms with Crippen molar-refractivity contribution in [1.29, 1.82) is 0 Å². The van der Waals surface area contributed by atoms with Crippen molar-refractivity contribution in [3.63, 3.8) is 0 Å². The molecule has 1 heterocycles. The van der Waals surface area contributed by atoms with E-state index in [-0.39, 0.29) is 18.1 Å². The summed E-state index contributed by atoms with van der Waals surface area (Å²) in [6, 6.07) is 21.9. The smallest absolute Gasteiger partial charge is 0.323 e. The highest BCUT2D eigenvalue weighted by Crippen LogP contribution is 2.40. The first-order valence-corrected chi connectivity index (χ1v) is 13.5. The fourth-order valence-corrected chi connectivity index (χ4v) is 5.72. The summed E-state index contributed by atoms with van der Waals surface area (Å²) in [4.78, 5) is 27.6. The van der Waals surface area contributed by atoms with E-state index in [9.17, 15) is 14.7 Å². The van der Waals surface area contributed by atoms with Crippen molar-refractivity contribution in [2.45, 2.75) is 50.0 Å². The summed E-state index contributed by atoms with van der Waals surface area (Å²) >= 11 is 0. The lowest BCUT2D eigenvalue weighted by molar-refractivity contribution is -0.0277. The summed E-state index contributed by atoms with van der Waals surface area (Å²) in [7, 11) is 5.83. The number of anilines is 2. The molecule has 1 fully saturated rings. The standard InChI is InChI=1S/C17H27NO2.C15H12N2O2/c1-18(2)13-16(17(19)11-5-4-6-12-17)14-7-9-15(20-3)10-8-14;16-15(19)17-12-7-3-1-5-10(12)9-14(18)11-6-2-4-8-13(11)17/h7-10,16,19H,4-6,11-13H2,1-3H3;1-8H,9H2,(H2,16,19). The van der Waals surface area contributed by atoms with E-state index in [0.29, 0.717) is 16.9 Å². The molecule has 7 heteroatoms. The molecule has 1 unspecified atom stereocenters. The van der Waals surface area contributed by atoms with Crippen LogP contribution in [0, 0.1) is 0 Å². The second kappa shape index (κ2) is 12.5. The number of hydrogen-bond donors (Lipinski definition) is 2. The van der Waals surface area contributed by atoms with Gasteiger partial charge in [-0.15, -0.1) is 0 Å². The van der Waals surface area contributed by atoms with Crippen LogP contribution in [0.4, 0.5) is 16.2 Å². The lowest BCUT2D eigenvalue weighted by Crippen LogP contribution is -2.42. The normalized spacial score (nSPS) is 16.7. The monoisotopic (exact) mass is 529 g/mol. The number of fused-ring (bicyclic) bond motifs is 2. The van der Waals surface area contributed by atoms with Crippen LogP contribution < -0.4 is 15.4 Å². The fraction of sp³-hybridized carbons (Fsp3) is 0.375. The van der Waals surface area contributed by atoms with Gasteiger partial charge in [-0.1, -0.05) is 61.7 Å². The number of carbonyl (C=O) groups excluding carboxylic acids is 2. The number of Topliss-reactive ketones (excluding diaryl/α,β-unsaturated/α-hetero) is 1. The number of nitrogens with two attached hydrogens (primary N) is 1. The number of urea groups is 1. The predicted octanol–water partition coefficient (Wildman–Crippen LogP) is 5.68. The van der Waals surface area contributed by atoms with Crippen LogP contribution in [0.15, 0.2) is 72.8 Å². The number of likely N-dealkylation sites (N-methyl/N-ethyl adjacent to an activating group) is 1. The van der Waals surface area contributed by atoms with Crippen molar-refractivity contribution in [3.05, 3.63) is 89.5 Å². The first-order valence-electron chi connectivity index (χ1n) is 13.5. The number of carbonyl (C=O) groups is 2. The molecule has 5 rings (SSSR count). The van der Waals surface area contributed by atoms with Crippen LogP contribution >= 0.6 is 0 Å². The van der Waals surface area contributed by atoms with Gasteiger partial charge < -0.3 is 20.5 Å². The van der Waals surface area contributed by atoms with Gasteiger partial charge in [0.25, 0.3) is 0 Å². The Morgan fingerprint density at radius 2 is 1.59 bits per heavy atom. The molecule has 0 bridgehead atoms. The number of aliphatic hydroxyl groups is 1. The van der Waals surface area contributed by atoms with Crippen LogP contribution in [0.5, 0.6) is 5.75 Å². The molecule has 0 aromatic heterocycles. The van der Waals surface area contributed by atoms with E-state index >= 15 is 0 Å². The molecule has 3 aromatic carbocycles. The van der Waals surface area contributed by atoms with Gasteiger partial charge in [-0.3, -0.25) is 9.69 Å². The molecule has 0 radical (unpaired) electrons. The maximum absolute atomic E-state index is 12.3. The van der Waals surface area contributed by atoms with Gasteiger partial charge in [0.2, 0.25) is 0 Å². The van der Waals surface area contributed by atoms with Crippen molar-refractivity contribution in [3.8, 4) is 5.75 Å². The molecule has 2 amide bonds. The minimum Gasteiger partial charge on any atom is -0.497 e. The highest BCUT2D eigenvalue weighted by Gasteiger charge is 2.38. The van der Waals surface area contributed by atoms with Crippen molar-refractivity contribution < 1.29 is 19.4 Å². The molecular formula is C32H39N3O4. The SMILES string of the molecule is COc1ccc(C(CN(C)C)C2(O)CCCCC2)cc1.NC(=O)N1c2ccccc2CC(=O)c2ccccc21. The Hall–Kier alpha value is -3.68. The van der Waals surface area contributed by atoms with E-state index in [1.165, 1.54) is 16.9 Å². The summed E-state index contributed by atoms with van der Waals surface area (Å²) in [6.07, 6.45) is 5.62. The third kappa shape index (κ3) is 6.49. The van der Waals surface area contributed by atoms with E-state index in [2.05, 4.69) is 31.1 Å². The number of rotatable bonds is 5. The molecule has 39 heavy (non-hydrogen) atoms. The van der Waals surface area contributed by atoms with Crippen molar-refractivity contribution >= 4 is 23.2 Å². The number of nitrogens with zero attached hydrogens (tertiary/aromatic N) is 2. The van der Waals surface area contributed by atoms with Crippen LogP contribution in [-0.2, 0) is 6.42 Å². The second-order valence-electron chi connectivity index (χ2n) is 10.7. The van der Waals surface area contributed by atoms with E-state index in [0.717, 1.165) is 43.5 Å². The van der Waals surface area contributed by atoms with Gasteiger partial charge in [-0.25, -0.2) is 4.79 Å². The second-order valence-corrected chi connectivity index (χ2v) is 10.7. The molecule has 1 aliphatic heterocycles. The first-order chi connectivity index (χ1) is 18.7. The molecule has 3 N–H and O–H groups in total. The molecular weight excluding hydrogens is 490 g/mol. The Bertz CT molecular complexity index is 1280. The van der Waals surface area contributed by atoms with Gasteiger partial charge in [0.05, 0.1) is 24.1 Å². The molecule has 0 saturated heterocycles. The summed E-state index contributed by atoms with van der Waals surface area (Å²) in [5.41, 5.74) is 8.69. The summed E-state index contributed by atoms with van der Waals surface area (Å²) in [5, 5.41) is 11.1. The van der Waals surface area contributed by atoms with E-state index in [1.807, 2.05) is 30.3 Å². The van der Waals surface area contributed by atoms with Crippen molar-refractivity contribution in [2.75, 3.05) is 32.6 Å². The summed E-state index contributed by atoms with van der Waals surface area (Å²) < 4.78 is 5.23. The maximum Gasteiger partial charge on any atom is 0.323 e. The van der Waals surface area contributed by atoms with Gasteiger partial charge in [0, 0.05) is 24.4 Å². The zero-order chi connectivity index (χ0) is 28.0. The van der Waals surface area contributed by atoms with Crippen molar-refractivity contribution in [1.82, 2.24) is 4.90 Å². The Morgan fingerprint density at radius 1 is 0.974 bits per heavy atom. The number of para-hydroxylation sites is 2. The fourth-order valence-electron chi connectivity index (χ4n) is 5.72. The summed E-state index contributed by atoms with van der Waals surface area (Å²) in [5.74, 6) is 1.03. The number of ether oxygens (including phenoxy) is 1. The summed E-state index contributed by atoms with van der Waals surface area (Å²) in [6.45, 7) is 0.878. The molecule has 3 aromatic rings. The minimum absolute atomic E-state index is 0.00759. The quantitative estimate of drug-likeness (QED) is 0.443. The third-order valence-electron chi connectivity index (χ3n) is 7.68. The van der Waals surface area contributed by atoms with E-state index < -0.39 is 11.6 Å². The molecule has 7 nitrogen and oxygen atoms in total. The average Bonchev–Trinajstić information content (AvgIpc) is 3.06. The minimum atomic E-state index is -0.588. The molecule has 1 atom stereocenters. The van der Waals surface area contributed by atoms with Crippen LogP contribution in [0.1, 0.15) is 59.5 Å². The van der Waals surface area contributed by atoms with Crippen LogP contribution in [0.3, 0.4) is 0 Å². The van der Waals surface area contributed by atoms with Gasteiger partial charge in [0.15, 0.2) is 5.78 Å². The van der Waals surface area contributed by atoms with Gasteiger partial charge >= 0.3 is 6.03 Å². The lowest BCUT2D eigenvalue weighted by Gasteiger charge is -2.40. The van der Waals surface area contributed by atoms with Crippen LogP contribution in [0.25, 0.3) is 0 Å². The zero-order valence-electron chi connectivity index (χ0n) is 23.1. The number of primary amides is 1. The number of hydrogen-bond acceptors (Lipinski definition) is 5. The Balaban J connectivity index is 0.000000181. The van der Waals surface area contributed by atoms with Gasteiger partial charge in [0.1, 0.15) is 5.75 Å². The molecule has 1 aliphatic carbocycles. The number of ketones is 1. The Morgan fingerprint density at radius 3 is 2.21 bits per heavy atom. The topological polar surface area (TPSA) is 96.1 Å². The zero-order valence-corrected chi connectivity index (χ0v) is 23.1.